The molecular weight excluding hydrogens is 332 g/mol. The first-order valence-electron chi connectivity index (χ1n) is 6.22. The molecule has 0 saturated heterocycles. The zero-order valence-electron chi connectivity index (χ0n) is 10.9. The molecule has 0 aliphatic rings. The summed E-state index contributed by atoms with van der Waals surface area (Å²) < 4.78 is 1.08. The van der Waals surface area contributed by atoms with E-state index in [1.54, 1.807) is 11.8 Å². The van der Waals surface area contributed by atoms with Gasteiger partial charge in [0, 0.05) is 31.0 Å². The van der Waals surface area contributed by atoms with E-state index in [0.29, 0.717) is 0 Å². The lowest BCUT2D eigenvalue weighted by Gasteiger charge is -2.08. The van der Waals surface area contributed by atoms with Crippen LogP contribution in [0.2, 0.25) is 0 Å². The minimum absolute atomic E-state index is 0.763. The molecule has 1 heterocycles. The van der Waals surface area contributed by atoms with Gasteiger partial charge >= 0.3 is 0 Å². The third kappa shape index (κ3) is 2.81. The van der Waals surface area contributed by atoms with Gasteiger partial charge in [-0.15, -0.1) is 0 Å². The lowest BCUT2D eigenvalue weighted by atomic mass is 10.2. The highest BCUT2D eigenvalue weighted by Crippen LogP contribution is 2.35. The van der Waals surface area contributed by atoms with Gasteiger partial charge in [0.1, 0.15) is 0 Å². The molecule has 0 fully saturated rings. The van der Waals surface area contributed by atoms with Gasteiger partial charge in [-0.05, 0) is 49.4 Å². The normalized spacial score (nSPS) is 10.9. The number of nitrogen functional groups attached to an aromatic ring is 1. The summed E-state index contributed by atoms with van der Waals surface area (Å²) in [6.07, 6.45) is 0. The Morgan fingerprint density at radius 3 is 2.75 bits per heavy atom. The van der Waals surface area contributed by atoms with Gasteiger partial charge < -0.3 is 5.73 Å². The SMILES string of the molecule is Cc1cc(Sc2cccc(Br)c2)c2cc(N)ccc2n1. The lowest BCUT2D eigenvalue weighted by molar-refractivity contribution is 1.22. The van der Waals surface area contributed by atoms with E-state index in [1.807, 2.05) is 37.3 Å². The molecule has 0 unspecified atom stereocenters. The smallest absolute Gasteiger partial charge is 0.0718 e. The third-order valence-electron chi connectivity index (χ3n) is 2.95. The molecule has 100 valence electrons. The van der Waals surface area contributed by atoms with Gasteiger partial charge in [-0.25, -0.2) is 0 Å². The number of anilines is 1. The highest BCUT2D eigenvalue weighted by Gasteiger charge is 2.07. The number of hydrogen-bond acceptors (Lipinski definition) is 3. The van der Waals surface area contributed by atoms with Crippen molar-refractivity contribution in [1.82, 2.24) is 4.98 Å². The van der Waals surface area contributed by atoms with Gasteiger partial charge in [-0.2, -0.15) is 0 Å². The molecule has 0 spiro atoms. The van der Waals surface area contributed by atoms with Gasteiger partial charge in [-0.1, -0.05) is 33.8 Å². The number of nitrogens with two attached hydrogens (primary N) is 1. The monoisotopic (exact) mass is 344 g/mol. The van der Waals surface area contributed by atoms with Gasteiger partial charge in [0.15, 0.2) is 0 Å². The minimum atomic E-state index is 0.763. The standard InChI is InChI=1S/C16H13BrN2S/c1-10-7-16(20-13-4-2-3-11(17)8-13)14-9-12(18)5-6-15(14)19-10/h2-9H,18H2,1H3. The number of halogens is 1. The molecule has 3 aromatic rings. The first-order valence-corrected chi connectivity index (χ1v) is 7.83. The fourth-order valence-electron chi connectivity index (χ4n) is 2.08. The van der Waals surface area contributed by atoms with Crippen molar-refractivity contribution in [3.05, 3.63) is 58.7 Å². The second-order valence-corrected chi connectivity index (χ2v) is 6.63. The molecular formula is C16H13BrN2S. The molecule has 2 nitrogen and oxygen atoms in total. The van der Waals surface area contributed by atoms with Gasteiger partial charge in [0.2, 0.25) is 0 Å². The molecule has 3 rings (SSSR count). The molecule has 0 bridgehead atoms. The predicted molar refractivity (Wildman–Crippen MR) is 89.2 cm³/mol. The Labute approximate surface area is 130 Å². The summed E-state index contributed by atoms with van der Waals surface area (Å²) in [7, 11) is 0. The fraction of sp³-hybridized carbons (Fsp3) is 0.0625. The average molecular weight is 345 g/mol. The topological polar surface area (TPSA) is 38.9 Å². The van der Waals surface area contributed by atoms with Crippen LogP contribution in [0.4, 0.5) is 5.69 Å². The van der Waals surface area contributed by atoms with E-state index in [4.69, 9.17) is 5.73 Å². The van der Waals surface area contributed by atoms with E-state index in [-0.39, 0.29) is 0 Å². The summed E-state index contributed by atoms with van der Waals surface area (Å²) in [5, 5.41) is 1.10. The van der Waals surface area contributed by atoms with E-state index in [1.165, 1.54) is 9.79 Å². The molecule has 0 amide bonds. The molecule has 4 heteroatoms. The van der Waals surface area contributed by atoms with E-state index < -0.39 is 0 Å². The van der Waals surface area contributed by atoms with Crippen molar-refractivity contribution in [2.75, 3.05) is 5.73 Å². The maximum absolute atomic E-state index is 5.90. The number of fused-ring (bicyclic) bond motifs is 1. The Balaban J connectivity index is 2.12. The first kappa shape index (κ1) is 13.5. The number of nitrogens with zero attached hydrogens (tertiary/aromatic N) is 1. The summed E-state index contributed by atoms with van der Waals surface area (Å²) in [5.74, 6) is 0. The molecule has 0 atom stereocenters. The Bertz CT molecular complexity index is 787. The van der Waals surface area contributed by atoms with Crippen LogP contribution in [0.1, 0.15) is 5.69 Å². The Hall–Kier alpha value is -1.52. The van der Waals surface area contributed by atoms with Crippen LogP contribution in [0, 0.1) is 6.92 Å². The van der Waals surface area contributed by atoms with Gasteiger partial charge in [0.25, 0.3) is 0 Å². The molecule has 2 aromatic carbocycles. The van der Waals surface area contributed by atoms with Gasteiger partial charge in [0.05, 0.1) is 5.52 Å². The van der Waals surface area contributed by atoms with Crippen molar-refractivity contribution in [3.63, 3.8) is 0 Å². The van der Waals surface area contributed by atoms with E-state index in [9.17, 15) is 0 Å². The maximum Gasteiger partial charge on any atom is 0.0718 e. The van der Waals surface area contributed by atoms with Gasteiger partial charge in [-0.3, -0.25) is 4.98 Å². The van der Waals surface area contributed by atoms with Crippen molar-refractivity contribution >= 4 is 44.3 Å². The maximum atomic E-state index is 5.90. The van der Waals surface area contributed by atoms with Crippen molar-refractivity contribution < 1.29 is 0 Å². The second-order valence-electron chi connectivity index (χ2n) is 4.60. The quantitative estimate of drug-likeness (QED) is 0.662. The largest absolute Gasteiger partial charge is 0.399 e. The van der Waals surface area contributed by atoms with E-state index in [2.05, 4.69) is 39.1 Å². The minimum Gasteiger partial charge on any atom is -0.399 e. The number of benzene rings is 2. The van der Waals surface area contributed by atoms with Crippen molar-refractivity contribution in [2.24, 2.45) is 0 Å². The Morgan fingerprint density at radius 1 is 1.10 bits per heavy atom. The third-order valence-corrected chi connectivity index (χ3v) is 4.49. The van der Waals surface area contributed by atoms with Crippen LogP contribution in [-0.2, 0) is 0 Å². The number of aryl methyl sites for hydroxylation is 1. The van der Waals surface area contributed by atoms with Crippen LogP contribution in [0.3, 0.4) is 0 Å². The first-order chi connectivity index (χ1) is 9.61. The van der Waals surface area contributed by atoms with Crippen LogP contribution < -0.4 is 5.73 Å². The van der Waals surface area contributed by atoms with Crippen molar-refractivity contribution in [2.45, 2.75) is 16.7 Å². The van der Waals surface area contributed by atoms with Crippen LogP contribution >= 0.6 is 27.7 Å². The molecule has 0 aliphatic heterocycles. The summed E-state index contributed by atoms with van der Waals surface area (Å²) >= 11 is 5.23. The highest BCUT2D eigenvalue weighted by atomic mass is 79.9. The van der Waals surface area contributed by atoms with Crippen molar-refractivity contribution in [3.8, 4) is 0 Å². The summed E-state index contributed by atoms with van der Waals surface area (Å²) in [5.41, 5.74) is 8.66. The number of pyridine rings is 1. The molecule has 1 aromatic heterocycles. The molecule has 2 N–H and O–H groups in total. The fourth-order valence-corrected chi connectivity index (χ4v) is 3.72. The van der Waals surface area contributed by atoms with Crippen LogP contribution in [0.25, 0.3) is 10.9 Å². The van der Waals surface area contributed by atoms with Crippen molar-refractivity contribution in [1.29, 1.82) is 0 Å². The van der Waals surface area contributed by atoms with Crippen LogP contribution in [0.15, 0.2) is 62.8 Å². The van der Waals surface area contributed by atoms with E-state index >= 15 is 0 Å². The summed E-state index contributed by atoms with van der Waals surface area (Å²) in [6, 6.07) is 16.2. The zero-order valence-corrected chi connectivity index (χ0v) is 13.3. The number of hydrogen-bond donors (Lipinski definition) is 1. The highest BCUT2D eigenvalue weighted by molar-refractivity contribution is 9.10. The average Bonchev–Trinajstić information content (AvgIpc) is 2.39. The summed E-state index contributed by atoms with van der Waals surface area (Å²) in [6.45, 7) is 2.01. The number of rotatable bonds is 2. The zero-order chi connectivity index (χ0) is 14.1. The van der Waals surface area contributed by atoms with Crippen LogP contribution in [0.5, 0.6) is 0 Å². The lowest BCUT2D eigenvalue weighted by Crippen LogP contribution is -1.90. The molecule has 0 radical (unpaired) electrons. The molecule has 0 aliphatic carbocycles. The predicted octanol–water partition coefficient (Wildman–Crippen LogP) is 5.04. The second kappa shape index (κ2) is 5.46. The molecule has 0 saturated carbocycles. The Morgan fingerprint density at radius 2 is 1.95 bits per heavy atom. The van der Waals surface area contributed by atoms with E-state index in [0.717, 1.165) is 26.8 Å². The molecule has 20 heavy (non-hydrogen) atoms. The summed E-state index contributed by atoms with van der Waals surface area (Å²) in [4.78, 5) is 6.93. The Kier molecular flexibility index (Phi) is 3.68. The van der Waals surface area contributed by atoms with Crippen LogP contribution in [-0.4, -0.2) is 4.98 Å². The number of aromatic nitrogens is 1.